The minimum absolute atomic E-state index is 0.0600. The number of likely N-dealkylation sites (N-methyl/N-ethyl adjacent to an activating group) is 1. The lowest BCUT2D eigenvalue weighted by atomic mass is 9.94. The highest BCUT2D eigenvalue weighted by Crippen LogP contribution is 2.29. The first-order chi connectivity index (χ1) is 11.8. The van der Waals surface area contributed by atoms with Gasteiger partial charge < -0.3 is 9.64 Å². The van der Waals surface area contributed by atoms with E-state index in [4.69, 9.17) is 4.74 Å². The van der Waals surface area contributed by atoms with Crippen molar-refractivity contribution >= 4 is 5.91 Å². The Hall–Kier alpha value is -2.29. The number of hydrogen-bond acceptors (Lipinski definition) is 2. The lowest BCUT2D eigenvalue weighted by Crippen LogP contribution is -2.40. The summed E-state index contributed by atoms with van der Waals surface area (Å²) in [6.07, 6.45) is 5.96. The van der Waals surface area contributed by atoms with Crippen LogP contribution >= 0.6 is 0 Å². The Labute approximate surface area is 144 Å². The Morgan fingerprint density at radius 2 is 1.67 bits per heavy atom. The Morgan fingerprint density at radius 1 is 1.00 bits per heavy atom. The Morgan fingerprint density at radius 3 is 2.42 bits per heavy atom. The minimum Gasteiger partial charge on any atom is -0.483 e. The third-order valence-electron chi connectivity index (χ3n) is 4.84. The van der Waals surface area contributed by atoms with Crippen molar-refractivity contribution in [2.75, 3.05) is 13.7 Å². The highest BCUT2D eigenvalue weighted by atomic mass is 16.5. The molecule has 1 aliphatic carbocycles. The van der Waals surface area contributed by atoms with Gasteiger partial charge in [0.15, 0.2) is 6.61 Å². The van der Waals surface area contributed by atoms with E-state index in [2.05, 4.69) is 12.1 Å². The van der Waals surface area contributed by atoms with Gasteiger partial charge in [-0.1, -0.05) is 67.8 Å². The van der Waals surface area contributed by atoms with E-state index < -0.39 is 0 Å². The molecule has 0 radical (unpaired) electrons. The quantitative estimate of drug-likeness (QED) is 0.809. The molecule has 126 valence electrons. The van der Waals surface area contributed by atoms with E-state index >= 15 is 0 Å². The third kappa shape index (κ3) is 3.97. The molecule has 3 rings (SSSR count). The van der Waals surface area contributed by atoms with E-state index in [0.717, 1.165) is 29.7 Å². The summed E-state index contributed by atoms with van der Waals surface area (Å²) < 4.78 is 5.87. The summed E-state index contributed by atoms with van der Waals surface area (Å²) in [4.78, 5) is 14.3. The van der Waals surface area contributed by atoms with Crippen LogP contribution < -0.4 is 4.74 Å². The maximum atomic E-state index is 12.5. The first-order valence-electron chi connectivity index (χ1n) is 8.78. The fourth-order valence-corrected chi connectivity index (χ4v) is 3.36. The summed E-state index contributed by atoms with van der Waals surface area (Å²) in [7, 11) is 1.91. The van der Waals surface area contributed by atoms with Crippen LogP contribution in [0.3, 0.4) is 0 Å². The fraction of sp³-hybridized carbons (Fsp3) is 0.381. The van der Waals surface area contributed by atoms with Crippen LogP contribution in [0.25, 0.3) is 11.1 Å². The summed E-state index contributed by atoms with van der Waals surface area (Å²) in [6, 6.07) is 18.4. The van der Waals surface area contributed by atoms with Crippen LogP contribution in [-0.2, 0) is 4.79 Å². The number of ether oxygens (including phenoxy) is 1. The second-order valence-electron chi connectivity index (χ2n) is 6.45. The molecule has 1 saturated carbocycles. The van der Waals surface area contributed by atoms with Crippen molar-refractivity contribution in [3.63, 3.8) is 0 Å². The van der Waals surface area contributed by atoms with Crippen molar-refractivity contribution in [1.82, 2.24) is 4.90 Å². The number of amides is 1. The molecule has 1 amide bonds. The van der Waals surface area contributed by atoms with Crippen LogP contribution in [0.1, 0.15) is 32.1 Å². The maximum absolute atomic E-state index is 12.5. The molecule has 0 atom stereocenters. The monoisotopic (exact) mass is 323 g/mol. The van der Waals surface area contributed by atoms with E-state index in [9.17, 15) is 4.79 Å². The second kappa shape index (κ2) is 8.00. The molecular formula is C21H25NO2. The normalized spacial score (nSPS) is 15.0. The first-order valence-corrected chi connectivity index (χ1v) is 8.78. The largest absolute Gasteiger partial charge is 0.483 e. The highest BCUT2D eigenvalue weighted by Gasteiger charge is 2.22. The van der Waals surface area contributed by atoms with Crippen molar-refractivity contribution in [2.45, 2.75) is 38.1 Å². The molecule has 0 aromatic heterocycles. The van der Waals surface area contributed by atoms with Gasteiger partial charge in [0, 0.05) is 18.7 Å². The van der Waals surface area contributed by atoms with Gasteiger partial charge in [-0.05, 0) is 24.5 Å². The minimum atomic E-state index is 0.0600. The molecule has 2 aromatic rings. The van der Waals surface area contributed by atoms with Gasteiger partial charge in [0.1, 0.15) is 5.75 Å². The van der Waals surface area contributed by atoms with Gasteiger partial charge in [0.25, 0.3) is 5.91 Å². The zero-order valence-corrected chi connectivity index (χ0v) is 14.3. The number of hydrogen-bond donors (Lipinski definition) is 0. The van der Waals surface area contributed by atoms with E-state index in [1.165, 1.54) is 19.3 Å². The summed E-state index contributed by atoms with van der Waals surface area (Å²) >= 11 is 0. The number of rotatable bonds is 5. The Balaban J connectivity index is 1.65. The van der Waals surface area contributed by atoms with E-state index in [-0.39, 0.29) is 12.5 Å². The number of benzene rings is 2. The first kappa shape index (κ1) is 16.6. The van der Waals surface area contributed by atoms with Gasteiger partial charge in [0.05, 0.1) is 0 Å². The van der Waals surface area contributed by atoms with Crippen LogP contribution in [0, 0.1) is 0 Å². The lowest BCUT2D eigenvalue weighted by molar-refractivity contribution is -0.134. The average Bonchev–Trinajstić information content (AvgIpc) is 2.67. The van der Waals surface area contributed by atoms with Gasteiger partial charge in [-0.25, -0.2) is 0 Å². The molecule has 24 heavy (non-hydrogen) atoms. The fourth-order valence-electron chi connectivity index (χ4n) is 3.36. The van der Waals surface area contributed by atoms with Gasteiger partial charge >= 0.3 is 0 Å². The smallest absolute Gasteiger partial charge is 0.260 e. The predicted octanol–water partition coefficient (Wildman–Crippen LogP) is 4.52. The molecule has 0 bridgehead atoms. The third-order valence-corrected chi connectivity index (χ3v) is 4.84. The molecule has 0 N–H and O–H groups in total. The molecule has 2 aromatic carbocycles. The molecule has 0 aliphatic heterocycles. The van der Waals surface area contributed by atoms with Crippen LogP contribution in [0.4, 0.5) is 0 Å². The molecule has 3 heteroatoms. The summed E-state index contributed by atoms with van der Waals surface area (Å²) in [5.74, 6) is 0.818. The zero-order valence-electron chi connectivity index (χ0n) is 14.3. The standard InChI is InChI=1S/C21H25NO2/c1-22(18-12-6-3-7-13-18)21(23)16-24-20-15-9-8-14-19(20)17-10-4-2-5-11-17/h2,4-5,8-11,14-15,18H,3,6-7,12-13,16H2,1H3. The van der Waals surface area contributed by atoms with Gasteiger partial charge in [-0.3, -0.25) is 4.79 Å². The molecule has 0 saturated heterocycles. The van der Waals surface area contributed by atoms with E-state index in [0.29, 0.717) is 6.04 Å². The van der Waals surface area contributed by atoms with E-state index in [1.54, 1.807) is 0 Å². The average molecular weight is 323 g/mol. The summed E-state index contributed by atoms with van der Waals surface area (Å²) in [6.45, 7) is 0.0941. The van der Waals surface area contributed by atoms with Crippen molar-refractivity contribution in [2.24, 2.45) is 0 Å². The molecule has 0 heterocycles. The van der Waals surface area contributed by atoms with Crippen LogP contribution in [0.2, 0.25) is 0 Å². The zero-order chi connectivity index (χ0) is 16.8. The summed E-state index contributed by atoms with van der Waals surface area (Å²) in [5.41, 5.74) is 2.12. The van der Waals surface area contributed by atoms with Crippen molar-refractivity contribution < 1.29 is 9.53 Å². The summed E-state index contributed by atoms with van der Waals surface area (Å²) in [5, 5.41) is 0. The maximum Gasteiger partial charge on any atom is 0.260 e. The molecule has 0 spiro atoms. The Bertz CT molecular complexity index is 663. The SMILES string of the molecule is CN(C(=O)COc1ccccc1-c1ccccc1)C1CCCCC1. The second-order valence-corrected chi connectivity index (χ2v) is 6.45. The van der Waals surface area contributed by atoms with E-state index in [1.807, 2.05) is 54.4 Å². The van der Waals surface area contributed by atoms with Crippen LogP contribution in [-0.4, -0.2) is 30.5 Å². The van der Waals surface area contributed by atoms with Crippen molar-refractivity contribution in [3.8, 4) is 16.9 Å². The van der Waals surface area contributed by atoms with Gasteiger partial charge in [0.2, 0.25) is 0 Å². The number of nitrogens with zero attached hydrogens (tertiary/aromatic N) is 1. The topological polar surface area (TPSA) is 29.5 Å². The van der Waals surface area contributed by atoms with Crippen molar-refractivity contribution in [1.29, 1.82) is 0 Å². The molecule has 1 aliphatic rings. The highest BCUT2D eigenvalue weighted by molar-refractivity contribution is 5.78. The predicted molar refractivity (Wildman–Crippen MR) is 97.0 cm³/mol. The van der Waals surface area contributed by atoms with Gasteiger partial charge in [-0.15, -0.1) is 0 Å². The molecular weight excluding hydrogens is 298 g/mol. The Kier molecular flexibility index (Phi) is 5.52. The number of carbonyl (C=O) groups is 1. The van der Waals surface area contributed by atoms with Crippen LogP contribution in [0.15, 0.2) is 54.6 Å². The van der Waals surface area contributed by atoms with Gasteiger partial charge in [-0.2, -0.15) is 0 Å². The lowest BCUT2D eigenvalue weighted by Gasteiger charge is -2.31. The van der Waals surface area contributed by atoms with Crippen LogP contribution in [0.5, 0.6) is 5.75 Å². The molecule has 0 unspecified atom stereocenters. The number of carbonyl (C=O) groups excluding carboxylic acids is 1. The molecule has 3 nitrogen and oxygen atoms in total. The number of para-hydroxylation sites is 1. The molecule has 1 fully saturated rings. The van der Waals surface area contributed by atoms with Crippen molar-refractivity contribution in [3.05, 3.63) is 54.6 Å².